The third-order valence-corrected chi connectivity index (χ3v) is 4.03. The Hall–Kier alpha value is -1.02. The molecule has 2 atom stereocenters. The SMILES string of the molecule is Oc1cccc(C23CCCC(C2)NC3)c1. The van der Waals surface area contributed by atoms with E-state index in [1.54, 1.807) is 6.07 Å². The molecule has 0 spiro atoms. The van der Waals surface area contributed by atoms with Gasteiger partial charge < -0.3 is 10.4 Å². The Kier molecular flexibility index (Phi) is 1.99. The zero-order valence-electron chi connectivity index (χ0n) is 8.87. The molecule has 3 rings (SSSR count). The molecule has 1 heterocycles. The number of nitrogens with one attached hydrogen (secondary N) is 1. The fraction of sp³-hybridized carbons (Fsp3) is 0.538. The molecule has 2 fully saturated rings. The molecule has 15 heavy (non-hydrogen) atoms. The number of fused-ring (bicyclic) bond motifs is 2. The van der Waals surface area contributed by atoms with Gasteiger partial charge >= 0.3 is 0 Å². The van der Waals surface area contributed by atoms with Crippen molar-refractivity contribution in [2.45, 2.75) is 37.1 Å². The smallest absolute Gasteiger partial charge is 0.115 e. The van der Waals surface area contributed by atoms with Gasteiger partial charge in [-0.25, -0.2) is 0 Å². The van der Waals surface area contributed by atoms with Crippen LogP contribution in [0.4, 0.5) is 0 Å². The summed E-state index contributed by atoms with van der Waals surface area (Å²) in [6.45, 7) is 1.08. The second-order valence-electron chi connectivity index (χ2n) is 5.00. The topological polar surface area (TPSA) is 32.3 Å². The highest BCUT2D eigenvalue weighted by Gasteiger charge is 2.42. The van der Waals surface area contributed by atoms with Crippen molar-refractivity contribution in [2.24, 2.45) is 0 Å². The first-order valence-corrected chi connectivity index (χ1v) is 5.81. The quantitative estimate of drug-likeness (QED) is 0.733. The van der Waals surface area contributed by atoms with Crippen LogP contribution < -0.4 is 5.32 Å². The van der Waals surface area contributed by atoms with Crippen LogP contribution in [-0.2, 0) is 5.41 Å². The normalized spacial score (nSPS) is 34.3. The van der Waals surface area contributed by atoms with Crippen LogP contribution in [-0.4, -0.2) is 17.7 Å². The van der Waals surface area contributed by atoms with Gasteiger partial charge in [-0.2, -0.15) is 0 Å². The number of aromatic hydroxyl groups is 1. The first-order chi connectivity index (χ1) is 7.28. The summed E-state index contributed by atoms with van der Waals surface area (Å²) < 4.78 is 0. The number of benzene rings is 1. The zero-order valence-corrected chi connectivity index (χ0v) is 8.87. The van der Waals surface area contributed by atoms with Gasteiger partial charge in [0.05, 0.1) is 0 Å². The van der Waals surface area contributed by atoms with Gasteiger partial charge in [0.15, 0.2) is 0 Å². The van der Waals surface area contributed by atoms with E-state index in [4.69, 9.17) is 0 Å². The summed E-state index contributed by atoms with van der Waals surface area (Å²) in [5, 5.41) is 13.1. The van der Waals surface area contributed by atoms with E-state index in [-0.39, 0.29) is 0 Å². The average Bonchev–Trinajstić information content (AvgIpc) is 2.56. The molecule has 1 saturated heterocycles. The Morgan fingerprint density at radius 1 is 1.40 bits per heavy atom. The van der Waals surface area contributed by atoms with E-state index < -0.39 is 0 Å². The number of hydrogen-bond acceptors (Lipinski definition) is 2. The van der Waals surface area contributed by atoms with Crippen LogP contribution >= 0.6 is 0 Å². The highest BCUT2D eigenvalue weighted by molar-refractivity contribution is 5.35. The van der Waals surface area contributed by atoms with Gasteiger partial charge in [0.2, 0.25) is 0 Å². The predicted octanol–water partition coefficient (Wildman–Crippen LogP) is 2.18. The van der Waals surface area contributed by atoms with E-state index in [2.05, 4.69) is 11.4 Å². The summed E-state index contributed by atoms with van der Waals surface area (Å²) in [5.74, 6) is 0.399. The fourth-order valence-corrected chi connectivity index (χ4v) is 3.24. The Balaban J connectivity index is 1.98. The maximum absolute atomic E-state index is 9.55. The van der Waals surface area contributed by atoms with Crippen molar-refractivity contribution in [1.29, 1.82) is 0 Å². The molecule has 80 valence electrons. The van der Waals surface area contributed by atoms with Crippen LogP contribution in [0.3, 0.4) is 0 Å². The third kappa shape index (κ3) is 1.44. The van der Waals surface area contributed by atoms with Crippen LogP contribution in [0.5, 0.6) is 5.75 Å². The van der Waals surface area contributed by atoms with Crippen LogP contribution in [0.15, 0.2) is 24.3 Å². The molecule has 2 unspecified atom stereocenters. The van der Waals surface area contributed by atoms with E-state index in [1.807, 2.05) is 12.1 Å². The Labute approximate surface area is 90.3 Å². The molecule has 2 aliphatic rings. The van der Waals surface area contributed by atoms with Crippen molar-refractivity contribution in [3.63, 3.8) is 0 Å². The minimum Gasteiger partial charge on any atom is -0.508 e. The van der Waals surface area contributed by atoms with Gasteiger partial charge in [-0.3, -0.25) is 0 Å². The minimum absolute atomic E-state index is 0.307. The summed E-state index contributed by atoms with van der Waals surface area (Å²) in [7, 11) is 0. The lowest BCUT2D eigenvalue weighted by molar-refractivity contribution is 0.349. The van der Waals surface area contributed by atoms with E-state index in [9.17, 15) is 5.11 Å². The molecule has 1 aromatic carbocycles. The minimum atomic E-state index is 0.307. The van der Waals surface area contributed by atoms with E-state index in [0.717, 1.165) is 6.54 Å². The van der Waals surface area contributed by atoms with Gasteiger partial charge in [-0.05, 0) is 37.0 Å². The van der Waals surface area contributed by atoms with Gasteiger partial charge in [-0.15, -0.1) is 0 Å². The van der Waals surface area contributed by atoms with E-state index in [0.29, 0.717) is 17.2 Å². The summed E-state index contributed by atoms with van der Waals surface area (Å²) in [6.07, 6.45) is 5.14. The van der Waals surface area contributed by atoms with E-state index >= 15 is 0 Å². The summed E-state index contributed by atoms with van der Waals surface area (Å²) in [4.78, 5) is 0. The second kappa shape index (κ2) is 3.24. The van der Waals surface area contributed by atoms with Crippen LogP contribution in [0.2, 0.25) is 0 Å². The Morgan fingerprint density at radius 3 is 3.20 bits per heavy atom. The standard InChI is InChI=1S/C13H17NO/c15-12-5-1-3-10(7-12)13-6-2-4-11(8-13)14-9-13/h1,3,5,7,11,14-15H,2,4,6,8-9H2. The molecule has 2 heteroatoms. The van der Waals surface area contributed by atoms with Crippen molar-refractivity contribution in [1.82, 2.24) is 5.32 Å². The molecule has 2 nitrogen and oxygen atoms in total. The average molecular weight is 203 g/mol. The molecule has 0 radical (unpaired) electrons. The van der Waals surface area contributed by atoms with Gasteiger partial charge in [-0.1, -0.05) is 18.6 Å². The second-order valence-corrected chi connectivity index (χ2v) is 5.00. The number of hydrogen-bond donors (Lipinski definition) is 2. The lowest BCUT2D eigenvalue weighted by Crippen LogP contribution is -2.29. The highest BCUT2D eigenvalue weighted by Crippen LogP contribution is 2.43. The molecule has 1 aromatic rings. The van der Waals surface area contributed by atoms with Crippen LogP contribution in [0.1, 0.15) is 31.2 Å². The number of phenolic OH excluding ortho intramolecular Hbond substituents is 1. The van der Waals surface area contributed by atoms with Crippen molar-refractivity contribution in [2.75, 3.05) is 6.54 Å². The lowest BCUT2D eigenvalue weighted by atomic mass is 9.71. The summed E-state index contributed by atoms with van der Waals surface area (Å²) in [6, 6.07) is 8.52. The number of phenols is 1. The number of rotatable bonds is 1. The zero-order chi connectivity index (χ0) is 10.3. The third-order valence-electron chi connectivity index (χ3n) is 4.03. The van der Waals surface area contributed by atoms with Crippen molar-refractivity contribution in [3.8, 4) is 5.75 Å². The largest absolute Gasteiger partial charge is 0.508 e. The molecule has 0 aromatic heterocycles. The Bertz CT molecular complexity index is 373. The fourth-order valence-electron chi connectivity index (χ4n) is 3.24. The van der Waals surface area contributed by atoms with Crippen molar-refractivity contribution >= 4 is 0 Å². The molecule has 1 saturated carbocycles. The molecular weight excluding hydrogens is 186 g/mol. The lowest BCUT2D eigenvalue weighted by Gasteiger charge is -2.32. The molecule has 1 aliphatic heterocycles. The molecule has 0 amide bonds. The maximum Gasteiger partial charge on any atom is 0.115 e. The molecule has 1 aliphatic carbocycles. The van der Waals surface area contributed by atoms with E-state index in [1.165, 1.54) is 31.2 Å². The first-order valence-electron chi connectivity index (χ1n) is 5.81. The summed E-state index contributed by atoms with van der Waals surface area (Å²) >= 11 is 0. The molecular formula is C13H17NO. The van der Waals surface area contributed by atoms with Crippen molar-refractivity contribution in [3.05, 3.63) is 29.8 Å². The molecule has 2 bridgehead atoms. The van der Waals surface area contributed by atoms with Gasteiger partial charge in [0.25, 0.3) is 0 Å². The monoisotopic (exact) mass is 203 g/mol. The predicted molar refractivity (Wildman–Crippen MR) is 60.0 cm³/mol. The van der Waals surface area contributed by atoms with Crippen LogP contribution in [0, 0.1) is 0 Å². The highest BCUT2D eigenvalue weighted by atomic mass is 16.3. The Morgan fingerprint density at radius 2 is 2.33 bits per heavy atom. The van der Waals surface area contributed by atoms with Crippen LogP contribution in [0.25, 0.3) is 0 Å². The molecule has 2 N–H and O–H groups in total. The van der Waals surface area contributed by atoms with Gasteiger partial charge in [0, 0.05) is 18.0 Å². The summed E-state index contributed by atoms with van der Waals surface area (Å²) in [5.41, 5.74) is 1.62. The first kappa shape index (κ1) is 9.22. The van der Waals surface area contributed by atoms with Gasteiger partial charge in [0.1, 0.15) is 5.75 Å². The van der Waals surface area contributed by atoms with Crippen molar-refractivity contribution < 1.29 is 5.11 Å². The maximum atomic E-state index is 9.55.